The van der Waals surface area contributed by atoms with Crippen molar-refractivity contribution < 1.29 is 9.57 Å². The summed E-state index contributed by atoms with van der Waals surface area (Å²) in [4.78, 5) is 12.4. The lowest BCUT2D eigenvalue weighted by Crippen LogP contribution is -2.44. The van der Waals surface area contributed by atoms with Gasteiger partial charge in [0.05, 0.1) is 30.9 Å². The van der Waals surface area contributed by atoms with E-state index in [1.54, 1.807) is 13.4 Å². The van der Waals surface area contributed by atoms with Gasteiger partial charge in [-0.3, -0.25) is 0 Å². The van der Waals surface area contributed by atoms with E-state index in [1.807, 2.05) is 29.8 Å². The van der Waals surface area contributed by atoms with Crippen molar-refractivity contribution in [2.45, 2.75) is 32.7 Å². The van der Waals surface area contributed by atoms with E-state index < -0.39 is 0 Å². The molecule has 0 bridgehead atoms. The number of piperidine rings is 1. The molecule has 3 heterocycles. The summed E-state index contributed by atoms with van der Waals surface area (Å²) in [5, 5.41) is 5.21. The van der Waals surface area contributed by atoms with Crippen LogP contribution in [0.15, 0.2) is 59.7 Å². The molecule has 170 valence electrons. The molecule has 0 amide bonds. The Kier molecular flexibility index (Phi) is 5.85. The summed E-state index contributed by atoms with van der Waals surface area (Å²) in [7, 11) is 1.69. The molecule has 1 unspecified atom stereocenters. The van der Waals surface area contributed by atoms with Gasteiger partial charge in [0, 0.05) is 17.8 Å². The van der Waals surface area contributed by atoms with Crippen LogP contribution in [0.4, 0.5) is 0 Å². The molecular weight excluding hydrogens is 436 g/mol. The fourth-order valence-electron chi connectivity index (χ4n) is 4.64. The van der Waals surface area contributed by atoms with Gasteiger partial charge in [0.25, 0.3) is 0 Å². The molecule has 0 aliphatic carbocycles. The van der Waals surface area contributed by atoms with E-state index in [1.165, 1.54) is 0 Å². The Morgan fingerprint density at radius 3 is 2.82 bits per heavy atom. The number of aryl methyl sites for hydroxylation is 2. The molecule has 0 spiro atoms. The van der Waals surface area contributed by atoms with Crippen molar-refractivity contribution in [1.82, 2.24) is 14.5 Å². The van der Waals surface area contributed by atoms with Crippen molar-refractivity contribution in [3.63, 3.8) is 0 Å². The summed E-state index contributed by atoms with van der Waals surface area (Å²) < 4.78 is 7.66. The van der Waals surface area contributed by atoms with Gasteiger partial charge in [-0.15, -0.1) is 0 Å². The van der Waals surface area contributed by atoms with Gasteiger partial charge in [-0.05, 0) is 79.3 Å². The minimum Gasteiger partial charge on any atom is -0.495 e. The standard InChI is InChI=1S/C26H27ClN4O2/c1-17-9-21(13-22(27)10-17)24-15-33-29-26-20(5-4-8-31(24)26)11-19-6-7-23(25(12-19)32-3)30-14-18(2)28-16-30/h6-7,9-14,16,24H,4-5,8,15H2,1-3H3/b20-11+. The van der Waals surface area contributed by atoms with E-state index in [0.29, 0.717) is 6.61 Å². The van der Waals surface area contributed by atoms with Crippen molar-refractivity contribution in [3.05, 3.63) is 81.9 Å². The molecule has 0 radical (unpaired) electrons. The van der Waals surface area contributed by atoms with Gasteiger partial charge in [-0.2, -0.15) is 0 Å². The van der Waals surface area contributed by atoms with Gasteiger partial charge in [0.15, 0.2) is 5.84 Å². The largest absolute Gasteiger partial charge is 0.495 e. The summed E-state index contributed by atoms with van der Waals surface area (Å²) in [5.74, 6) is 1.70. The summed E-state index contributed by atoms with van der Waals surface area (Å²) in [6.45, 7) is 5.50. The second-order valence-corrected chi connectivity index (χ2v) is 9.04. The first-order chi connectivity index (χ1) is 16.0. The third-order valence-corrected chi connectivity index (χ3v) is 6.37. The molecule has 6 nitrogen and oxygen atoms in total. The van der Waals surface area contributed by atoms with E-state index >= 15 is 0 Å². The normalized spacial score (nSPS) is 19.2. The monoisotopic (exact) mass is 462 g/mol. The number of fused-ring (bicyclic) bond motifs is 1. The van der Waals surface area contributed by atoms with E-state index in [2.05, 4.69) is 52.3 Å². The number of methoxy groups -OCH3 is 1. The minimum atomic E-state index is 0.0972. The number of amidine groups is 1. The fraction of sp³-hybridized carbons (Fsp3) is 0.308. The minimum absolute atomic E-state index is 0.0972. The number of ether oxygens (including phenoxy) is 1. The summed E-state index contributed by atoms with van der Waals surface area (Å²) in [6, 6.07) is 12.5. The number of hydrogen-bond donors (Lipinski definition) is 0. The van der Waals surface area contributed by atoms with Crippen LogP contribution in [0.3, 0.4) is 0 Å². The Hall–Kier alpha value is -3.25. The highest BCUT2D eigenvalue weighted by Crippen LogP contribution is 2.34. The highest BCUT2D eigenvalue weighted by molar-refractivity contribution is 6.30. The summed E-state index contributed by atoms with van der Waals surface area (Å²) in [5.41, 5.74) is 6.46. The predicted octanol–water partition coefficient (Wildman–Crippen LogP) is 5.72. The molecule has 1 atom stereocenters. The maximum Gasteiger partial charge on any atom is 0.172 e. The van der Waals surface area contributed by atoms with Crippen LogP contribution in [-0.4, -0.2) is 40.5 Å². The predicted molar refractivity (Wildman–Crippen MR) is 131 cm³/mol. The van der Waals surface area contributed by atoms with Crippen molar-refractivity contribution in [3.8, 4) is 11.4 Å². The summed E-state index contributed by atoms with van der Waals surface area (Å²) >= 11 is 6.35. The number of halogens is 1. The molecule has 0 N–H and O–H groups in total. The Morgan fingerprint density at radius 1 is 1.18 bits per heavy atom. The number of rotatable bonds is 4. The van der Waals surface area contributed by atoms with Crippen LogP contribution in [0.2, 0.25) is 5.02 Å². The van der Waals surface area contributed by atoms with E-state index in [9.17, 15) is 0 Å². The second-order valence-electron chi connectivity index (χ2n) is 8.61. The third-order valence-electron chi connectivity index (χ3n) is 6.15. The quantitative estimate of drug-likeness (QED) is 0.498. The zero-order valence-corrected chi connectivity index (χ0v) is 19.8. The zero-order valence-electron chi connectivity index (χ0n) is 19.1. The Balaban J connectivity index is 1.46. The van der Waals surface area contributed by atoms with Crippen LogP contribution in [-0.2, 0) is 4.84 Å². The lowest BCUT2D eigenvalue weighted by atomic mass is 9.95. The molecule has 33 heavy (non-hydrogen) atoms. The van der Waals surface area contributed by atoms with Crippen LogP contribution < -0.4 is 4.74 Å². The van der Waals surface area contributed by atoms with Crippen LogP contribution in [0.5, 0.6) is 5.75 Å². The first-order valence-corrected chi connectivity index (χ1v) is 11.5. The third kappa shape index (κ3) is 4.35. The number of nitrogens with zero attached hydrogens (tertiary/aromatic N) is 4. The molecular formula is C26H27ClN4O2. The Labute approximate surface area is 199 Å². The van der Waals surface area contributed by atoms with Crippen LogP contribution in [0, 0.1) is 13.8 Å². The molecule has 1 aromatic heterocycles. The molecule has 3 aromatic rings. The SMILES string of the molecule is COc1cc(/C=C2\CCCN3C2=NOCC3c2cc(C)cc(Cl)c2)ccc1-n1cnc(C)c1. The number of hydrogen-bond acceptors (Lipinski definition) is 5. The Morgan fingerprint density at radius 2 is 2.06 bits per heavy atom. The van der Waals surface area contributed by atoms with Gasteiger partial charge in [-0.1, -0.05) is 28.9 Å². The molecule has 1 fully saturated rings. The molecule has 2 aromatic carbocycles. The van der Waals surface area contributed by atoms with Gasteiger partial charge in [0.2, 0.25) is 0 Å². The number of oxime groups is 1. The van der Waals surface area contributed by atoms with Gasteiger partial charge >= 0.3 is 0 Å². The lowest BCUT2D eigenvalue weighted by molar-refractivity contribution is 0.0575. The number of aromatic nitrogens is 2. The van der Waals surface area contributed by atoms with Crippen molar-refractivity contribution in [2.75, 3.05) is 20.3 Å². The molecule has 2 aliphatic rings. The van der Waals surface area contributed by atoms with Crippen LogP contribution in [0.1, 0.15) is 41.3 Å². The van der Waals surface area contributed by atoms with Crippen molar-refractivity contribution >= 4 is 23.5 Å². The highest BCUT2D eigenvalue weighted by Gasteiger charge is 2.33. The molecule has 7 heteroatoms. The van der Waals surface area contributed by atoms with E-state index in [4.69, 9.17) is 21.2 Å². The van der Waals surface area contributed by atoms with Gasteiger partial charge in [-0.25, -0.2) is 4.98 Å². The fourth-order valence-corrected chi connectivity index (χ4v) is 4.93. The van der Waals surface area contributed by atoms with E-state index in [-0.39, 0.29) is 6.04 Å². The average Bonchev–Trinajstić information content (AvgIpc) is 3.24. The highest BCUT2D eigenvalue weighted by atomic mass is 35.5. The molecule has 0 saturated carbocycles. The first kappa shape index (κ1) is 21.6. The van der Waals surface area contributed by atoms with Crippen LogP contribution in [0.25, 0.3) is 11.8 Å². The maximum absolute atomic E-state index is 6.35. The topological polar surface area (TPSA) is 51.9 Å². The van der Waals surface area contributed by atoms with E-state index in [0.717, 1.165) is 69.6 Å². The number of imidazole rings is 1. The smallest absolute Gasteiger partial charge is 0.172 e. The second kappa shape index (κ2) is 8.94. The zero-order chi connectivity index (χ0) is 22.9. The lowest BCUT2D eigenvalue weighted by Gasteiger charge is -2.40. The van der Waals surface area contributed by atoms with Crippen molar-refractivity contribution in [1.29, 1.82) is 0 Å². The average molecular weight is 463 g/mol. The van der Waals surface area contributed by atoms with Crippen LogP contribution >= 0.6 is 11.6 Å². The van der Waals surface area contributed by atoms with Crippen molar-refractivity contribution in [2.24, 2.45) is 5.16 Å². The molecule has 2 aliphatic heterocycles. The first-order valence-electron chi connectivity index (χ1n) is 11.2. The molecule has 5 rings (SSSR count). The maximum atomic E-state index is 6.35. The number of benzene rings is 2. The Bertz CT molecular complexity index is 1230. The molecule has 1 saturated heterocycles. The van der Waals surface area contributed by atoms with Gasteiger partial charge < -0.3 is 19.0 Å². The van der Waals surface area contributed by atoms with Gasteiger partial charge in [0.1, 0.15) is 12.4 Å². The summed E-state index contributed by atoms with van der Waals surface area (Å²) in [6.07, 6.45) is 7.98.